The Labute approximate surface area is 143 Å². The van der Waals surface area contributed by atoms with E-state index in [1.807, 2.05) is 0 Å². The lowest BCUT2D eigenvalue weighted by Crippen LogP contribution is -2.12. The van der Waals surface area contributed by atoms with Crippen LogP contribution in [-0.4, -0.2) is 25.9 Å². The minimum Gasteiger partial charge on any atom is -0.490 e. The third-order valence-electron chi connectivity index (χ3n) is 3.69. The third-order valence-corrected chi connectivity index (χ3v) is 3.98. The number of rotatable bonds is 2. The van der Waals surface area contributed by atoms with Crippen LogP contribution in [0.15, 0.2) is 30.3 Å². The van der Waals surface area contributed by atoms with Crippen LogP contribution in [-0.2, 0) is 0 Å². The fraction of sp³-hybridized carbons (Fsp3) is 0.235. The second kappa shape index (κ2) is 6.13. The van der Waals surface area contributed by atoms with Crippen molar-refractivity contribution in [3.8, 4) is 23.0 Å². The predicted molar refractivity (Wildman–Crippen MR) is 87.6 cm³/mol. The van der Waals surface area contributed by atoms with Crippen molar-refractivity contribution in [2.75, 3.05) is 25.3 Å². The van der Waals surface area contributed by atoms with Gasteiger partial charge in [0.25, 0.3) is 5.91 Å². The van der Waals surface area contributed by atoms with E-state index in [1.54, 1.807) is 30.3 Å². The Morgan fingerprint density at radius 1 is 0.958 bits per heavy atom. The van der Waals surface area contributed by atoms with Crippen molar-refractivity contribution >= 4 is 23.2 Å². The molecule has 6 nitrogen and oxygen atoms in total. The van der Waals surface area contributed by atoms with Gasteiger partial charge < -0.3 is 24.3 Å². The first-order valence-electron chi connectivity index (χ1n) is 7.51. The topological polar surface area (TPSA) is 66.0 Å². The number of carbonyl (C=O) groups is 1. The van der Waals surface area contributed by atoms with Crippen LogP contribution in [0.1, 0.15) is 16.8 Å². The summed E-state index contributed by atoms with van der Waals surface area (Å²) in [7, 11) is 0. The normalized spacial score (nSPS) is 14.9. The fourth-order valence-electron chi connectivity index (χ4n) is 2.54. The summed E-state index contributed by atoms with van der Waals surface area (Å²) in [5, 5.41) is 3.16. The fourth-order valence-corrected chi connectivity index (χ4v) is 2.81. The second-order valence-corrected chi connectivity index (χ2v) is 5.77. The lowest BCUT2D eigenvalue weighted by molar-refractivity contribution is 0.102. The Kier molecular flexibility index (Phi) is 3.82. The van der Waals surface area contributed by atoms with Gasteiger partial charge in [-0.15, -0.1) is 0 Å². The smallest absolute Gasteiger partial charge is 0.255 e. The van der Waals surface area contributed by atoms with Gasteiger partial charge in [-0.05, 0) is 24.3 Å². The van der Waals surface area contributed by atoms with E-state index in [4.69, 9.17) is 30.5 Å². The van der Waals surface area contributed by atoms with Crippen molar-refractivity contribution in [3.05, 3.63) is 40.9 Å². The minimum atomic E-state index is -0.301. The highest BCUT2D eigenvalue weighted by molar-refractivity contribution is 6.32. The number of fused-ring (bicyclic) bond motifs is 2. The lowest BCUT2D eigenvalue weighted by Gasteiger charge is -2.11. The summed E-state index contributed by atoms with van der Waals surface area (Å²) in [6, 6.07) is 8.44. The van der Waals surface area contributed by atoms with Crippen molar-refractivity contribution in [1.29, 1.82) is 0 Å². The Morgan fingerprint density at radius 3 is 2.67 bits per heavy atom. The van der Waals surface area contributed by atoms with Gasteiger partial charge in [-0.25, -0.2) is 0 Å². The quantitative estimate of drug-likeness (QED) is 0.901. The largest absolute Gasteiger partial charge is 0.490 e. The number of anilines is 1. The van der Waals surface area contributed by atoms with E-state index in [2.05, 4.69) is 5.32 Å². The molecule has 1 N–H and O–H groups in total. The molecule has 2 aromatic carbocycles. The summed E-state index contributed by atoms with van der Waals surface area (Å²) >= 11 is 6.11. The molecule has 2 aliphatic heterocycles. The first kappa shape index (κ1) is 15.0. The van der Waals surface area contributed by atoms with Gasteiger partial charge in [0.05, 0.1) is 18.2 Å². The molecule has 0 aliphatic carbocycles. The maximum Gasteiger partial charge on any atom is 0.255 e. The summed E-state index contributed by atoms with van der Waals surface area (Å²) in [5.41, 5.74) is 0.995. The Morgan fingerprint density at radius 2 is 1.79 bits per heavy atom. The van der Waals surface area contributed by atoms with Crippen molar-refractivity contribution in [3.63, 3.8) is 0 Å². The van der Waals surface area contributed by atoms with Gasteiger partial charge in [0.15, 0.2) is 23.0 Å². The number of benzene rings is 2. The van der Waals surface area contributed by atoms with Gasteiger partial charge in [0.2, 0.25) is 6.79 Å². The molecule has 0 saturated carbocycles. The molecule has 24 heavy (non-hydrogen) atoms. The minimum absolute atomic E-state index is 0.0995. The van der Waals surface area contributed by atoms with Gasteiger partial charge in [-0.3, -0.25) is 4.79 Å². The van der Waals surface area contributed by atoms with Gasteiger partial charge >= 0.3 is 0 Å². The van der Waals surface area contributed by atoms with Crippen LogP contribution in [0.4, 0.5) is 5.69 Å². The number of hydrogen-bond donors (Lipinski definition) is 1. The maximum absolute atomic E-state index is 12.5. The number of halogens is 1. The van der Waals surface area contributed by atoms with E-state index < -0.39 is 0 Å². The number of amides is 1. The summed E-state index contributed by atoms with van der Waals surface area (Å²) < 4.78 is 21.7. The average molecular weight is 348 g/mol. The van der Waals surface area contributed by atoms with Crippen LogP contribution < -0.4 is 24.3 Å². The van der Waals surface area contributed by atoms with Gasteiger partial charge in [-0.2, -0.15) is 0 Å². The molecule has 0 fully saturated rings. The molecule has 1 amide bonds. The molecule has 0 radical (unpaired) electrons. The summed E-state index contributed by atoms with van der Waals surface area (Å²) in [5.74, 6) is 1.92. The zero-order valence-electron chi connectivity index (χ0n) is 12.6. The summed E-state index contributed by atoms with van der Waals surface area (Å²) in [6.07, 6.45) is 0.825. The second-order valence-electron chi connectivity index (χ2n) is 5.36. The molecule has 0 atom stereocenters. The van der Waals surface area contributed by atoms with Crippen LogP contribution in [0.25, 0.3) is 0 Å². The summed E-state index contributed by atoms with van der Waals surface area (Å²) in [4.78, 5) is 12.5. The van der Waals surface area contributed by atoms with E-state index in [9.17, 15) is 4.79 Å². The van der Waals surface area contributed by atoms with E-state index >= 15 is 0 Å². The van der Waals surface area contributed by atoms with E-state index in [0.717, 1.165) is 6.42 Å². The zero-order chi connectivity index (χ0) is 16.5. The van der Waals surface area contributed by atoms with E-state index in [0.29, 0.717) is 52.5 Å². The van der Waals surface area contributed by atoms with Crippen LogP contribution in [0.5, 0.6) is 23.0 Å². The lowest BCUT2D eigenvalue weighted by atomic mass is 10.1. The third kappa shape index (κ3) is 2.80. The number of hydrogen-bond acceptors (Lipinski definition) is 5. The number of nitrogens with one attached hydrogen (secondary N) is 1. The number of carbonyl (C=O) groups excluding carboxylic acids is 1. The van der Waals surface area contributed by atoms with E-state index in [1.165, 1.54) is 0 Å². The Hall–Kier alpha value is -2.60. The highest BCUT2D eigenvalue weighted by Crippen LogP contribution is 2.40. The molecule has 124 valence electrons. The van der Waals surface area contributed by atoms with Crippen LogP contribution in [0.3, 0.4) is 0 Å². The van der Waals surface area contributed by atoms with Crippen molar-refractivity contribution in [1.82, 2.24) is 0 Å². The van der Waals surface area contributed by atoms with Crippen molar-refractivity contribution in [2.24, 2.45) is 0 Å². The Bertz CT molecular complexity index is 808. The van der Waals surface area contributed by atoms with E-state index in [-0.39, 0.29) is 12.7 Å². The van der Waals surface area contributed by atoms with Crippen molar-refractivity contribution < 1.29 is 23.7 Å². The van der Waals surface area contributed by atoms with Crippen LogP contribution in [0, 0.1) is 0 Å². The first-order chi connectivity index (χ1) is 11.7. The molecule has 7 heteroatoms. The molecule has 0 bridgehead atoms. The molecule has 2 aliphatic rings. The highest BCUT2D eigenvalue weighted by atomic mass is 35.5. The predicted octanol–water partition coefficient (Wildman–Crippen LogP) is 3.48. The molecular formula is C17H14ClNO5. The molecular weight excluding hydrogens is 334 g/mol. The average Bonchev–Trinajstić information content (AvgIpc) is 2.93. The molecule has 0 spiro atoms. The zero-order valence-corrected chi connectivity index (χ0v) is 13.4. The monoisotopic (exact) mass is 347 g/mol. The number of ether oxygens (including phenoxy) is 4. The van der Waals surface area contributed by atoms with Gasteiger partial charge in [0.1, 0.15) is 0 Å². The molecule has 2 heterocycles. The molecule has 0 saturated heterocycles. The first-order valence-corrected chi connectivity index (χ1v) is 7.89. The Balaban J connectivity index is 1.56. The molecule has 0 aromatic heterocycles. The van der Waals surface area contributed by atoms with Crippen molar-refractivity contribution in [2.45, 2.75) is 6.42 Å². The highest BCUT2D eigenvalue weighted by Gasteiger charge is 2.21. The van der Waals surface area contributed by atoms with Crippen LogP contribution in [0.2, 0.25) is 5.02 Å². The van der Waals surface area contributed by atoms with Crippen LogP contribution >= 0.6 is 11.6 Å². The molecule has 4 rings (SSSR count). The molecule has 2 aromatic rings. The SMILES string of the molecule is O=C(Nc1ccc2c(c1)OCCCO2)c1cc(Cl)c2c(c1)OCO2. The standard InChI is InChI=1S/C17H14ClNO5/c18-12-6-10(7-15-16(12)24-9-23-15)17(20)19-11-2-3-13-14(8-11)22-5-1-4-21-13/h2-3,6-8H,1,4-5,9H2,(H,19,20). The maximum atomic E-state index is 12.5. The molecule has 0 unspecified atom stereocenters. The van der Waals surface area contributed by atoms with Gasteiger partial charge in [0, 0.05) is 23.7 Å². The summed E-state index contributed by atoms with van der Waals surface area (Å²) in [6.45, 7) is 1.30. The van der Waals surface area contributed by atoms with Gasteiger partial charge in [-0.1, -0.05) is 11.6 Å².